The van der Waals surface area contributed by atoms with Crippen LogP contribution in [0, 0.1) is 5.82 Å². The number of rotatable bonds is 3. The van der Waals surface area contributed by atoms with Gasteiger partial charge in [0, 0.05) is 0 Å². The molecule has 1 aromatic carbocycles. The summed E-state index contributed by atoms with van der Waals surface area (Å²) in [4.78, 5) is 22.3. The molecule has 2 N–H and O–H groups in total. The molecule has 104 valence electrons. The monoisotopic (exact) mass is 269 g/mol. The van der Waals surface area contributed by atoms with Crippen LogP contribution in [0.3, 0.4) is 0 Å². The molecule has 0 saturated carbocycles. The van der Waals surface area contributed by atoms with Crippen LogP contribution in [0.4, 0.5) is 14.9 Å². The van der Waals surface area contributed by atoms with E-state index in [1.165, 1.54) is 12.1 Å². The Morgan fingerprint density at radius 2 is 2.00 bits per heavy atom. The molecule has 1 aromatic rings. The molecule has 0 heterocycles. The van der Waals surface area contributed by atoms with Crippen molar-refractivity contribution in [2.45, 2.75) is 32.8 Å². The summed E-state index contributed by atoms with van der Waals surface area (Å²) in [6.45, 7) is 5.02. The number of hydrogen-bond acceptors (Lipinski definition) is 3. The van der Waals surface area contributed by atoms with Gasteiger partial charge in [-0.05, 0) is 32.4 Å². The van der Waals surface area contributed by atoms with Crippen molar-refractivity contribution in [3.8, 4) is 0 Å². The number of ether oxygens (including phenoxy) is 1. The quantitative estimate of drug-likeness (QED) is 0.884. The second-order valence-corrected chi connectivity index (χ2v) is 4.97. The average Bonchev–Trinajstić information content (AvgIpc) is 2.19. The Hall–Kier alpha value is -2.11. The maximum absolute atomic E-state index is 13.6. The maximum atomic E-state index is 13.6. The minimum atomic E-state index is -1.11. The fraction of sp³-hybridized carbons (Fsp3) is 0.385. The summed E-state index contributed by atoms with van der Waals surface area (Å²) >= 11 is 0. The van der Waals surface area contributed by atoms with Crippen LogP contribution < -0.4 is 5.32 Å². The Morgan fingerprint density at radius 3 is 2.53 bits per heavy atom. The van der Waals surface area contributed by atoms with E-state index in [0.29, 0.717) is 0 Å². The molecule has 5 nitrogen and oxygen atoms in total. The van der Waals surface area contributed by atoms with E-state index in [9.17, 15) is 14.0 Å². The molecule has 1 amide bonds. The number of nitrogens with one attached hydrogen (secondary N) is 1. The van der Waals surface area contributed by atoms with Gasteiger partial charge in [-0.25, -0.2) is 9.18 Å². The van der Waals surface area contributed by atoms with Crippen molar-refractivity contribution in [1.82, 2.24) is 0 Å². The highest BCUT2D eigenvalue weighted by molar-refractivity contribution is 5.87. The zero-order valence-electron chi connectivity index (χ0n) is 11.0. The van der Waals surface area contributed by atoms with Crippen LogP contribution in [0.2, 0.25) is 0 Å². The highest BCUT2D eigenvalue weighted by atomic mass is 19.1. The van der Waals surface area contributed by atoms with Gasteiger partial charge in [-0.15, -0.1) is 0 Å². The minimum absolute atomic E-state index is 0.167. The lowest BCUT2D eigenvalue weighted by atomic mass is 10.1. The van der Waals surface area contributed by atoms with E-state index < -0.39 is 23.5 Å². The number of benzene rings is 1. The lowest BCUT2D eigenvalue weighted by Crippen LogP contribution is -2.28. The van der Waals surface area contributed by atoms with Gasteiger partial charge in [0.2, 0.25) is 0 Å². The first-order valence-corrected chi connectivity index (χ1v) is 5.68. The van der Waals surface area contributed by atoms with Crippen LogP contribution in [0.25, 0.3) is 0 Å². The van der Waals surface area contributed by atoms with Crippen molar-refractivity contribution in [2.24, 2.45) is 0 Å². The molecule has 0 aliphatic heterocycles. The SMILES string of the molecule is CC(C)(C)OC(=O)Nc1c(F)cccc1CC(=O)O. The topological polar surface area (TPSA) is 75.6 Å². The normalized spacial score (nSPS) is 10.9. The number of anilines is 1. The first-order chi connectivity index (χ1) is 8.69. The Labute approximate surface area is 110 Å². The second kappa shape index (κ2) is 5.69. The number of carbonyl (C=O) groups is 2. The average molecular weight is 269 g/mol. The molecule has 0 radical (unpaired) electrons. The first kappa shape index (κ1) is 14.9. The van der Waals surface area contributed by atoms with E-state index in [2.05, 4.69) is 5.32 Å². The van der Waals surface area contributed by atoms with Crippen molar-refractivity contribution in [2.75, 3.05) is 5.32 Å². The van der Waals surface area contributed by atoms with Gasteiger partial charge in [0.05, 0.1) is 12.1 Å². The number of hydrogen-bond donors (Lipinski definition) is 2. The molecular formula is C13H16FNO4. The van der Waals surface area contributed by atoms with Gasteiger partial charge in [-0.2, -0.15) is 0 Å². The van der Waals surface area contributed by atoms with Crippen molar-refractivity contribution in [3.63, 3.8) is 0 Å². The van der Waals surface area contributed by atoms with E-state index >= 15 is 0 Å². The lowest BCUT2D eigenvalue weighted by molar-refractivity contribution is -0.136. The third kappa shape index (κ3) is 4.95. The molecule has 0 spiro atoms. The summed E-state index contributed by atoms with van der Waals surface area (Å²) in [6, 6.07) is 3.95. The summed E-state index contributed by atoms with van der Waals surface area (Å²) in [5, 5.41) is 11.0. The van der Waals surface area contributed by atoms with E-state index in [4.69, 9.17) is 9.84 Å². The Balaban J connectivity index is 2.93. The number of amides is 1. The molecule has 0 aliphatic rings. The van der Waals surface area contributed by atoms with Crippen LogP contribution in [-0.4, -0.2) is 22.8 Å². The van der Waals surface area contributed by atoms with Crippen LogP contribution in [0.1, 0.15) is 26.3 Å². The predicted octanol–water partition coefficient (Wildman–Crippen LogP) is 2.80. The molecule has 19 heavy (non-hydrogen) atoms. The zero-order valence-corrected chi connectivity index (χ0v) is 11.0. The number of carboxylic acid groups (broad SMARTS) is 1. The van der Waals surface area contributed by atoms with Crippen molar-refractivity contribution < 1.29 is 23.8 Å². The smallest absolute Gasteiger partial charge is 0.412 e. The number of carboxylic acids is 1. The molecule has 0 atom stereocenters. The lowest BCUT2D eigenvalue weighted by Gasteiger charge is -2.20. The van der Waals surface area contributed by atoms with Crippen LogP contribution in [0.15, 0.2) is 18.2 Å². The molecule has 0 saturated heterocycles. The molecule has 0 fully saturated rings. The van der Waals surface area contributed by atoms with Gasteiger partial charge in [0.15, 0.2) is 0 Å². The summed E-state index contributed by atoms with van der Waals surface area (Å²) < 4.78 is 18.6. The Morgan fingerprint density at radius 1 is 1.37 bits per heavy atom. The van der Waals surface area contributed by atoms with Crippen molar-refractivity contribution in [3.05, 3.63) is 29.6 Å². The van der Waals surface area contributed by atoms with E-state index in [1.54, 1.807) is 20.8 Å². The Kier molecular flexibility index (Phi) is 4.47. The molecule has 6 heteroatoms. The number of aliphatic carboxylic acids is 1. The van der Waals surface area contributed by atoms with Crippen LogP contribution >= 0.6 is 0 Å². The third-order valence-electron chi connectivity index (χ3n) is 2.07. The fourth-order valence-electron chi connectivity index (χ4n) is 1.42. The van der Waals surface area contributed by atoms with E-state index in [0.717, 1.165) is 6.07 Å². The van der Waals surface area contributed by atoms with Gasteiger partial charge in [0.25, 0.3) is 0 Å². The molecule has 1 rings (SSSR count). The molecule has 0 unspecified atom stereocenters. The largest absolute Gasteiger partial charge is 0.481 e. The Bertz CT molecular complexity index is 494. The highest BCUT2D eigenvalue weighted by Gasteiger charge is 2.19. The van der Waals surface area contributed by atoms with Crippen molar-refractivity contribution in [1.29, 1.82) is 0 Å². The number of para-hydroxylation sites is 1. The third-order valence-corrected chi connectivity index (χ3v) is 2.07. The summed E-state index contributed by atoms with van der Waals surface area (Å²) in [5.74, 6) is -1.82. The molecule has 0 aromatic heterocycles. The second-order valence-electron chi connectivity index (χ2n) is 4.97. The van der Waals surface area contributed by atoms with E-state index in [1.807, 2.05) is 0 Å². The van der Waals surface area contributed by atoms with E-state index in [-0.39, 0.29) is 17.7 Å². The standard InChI is InChI=1S/C13H16FNO4/c1-13(2,3)19-12(18)15-11-8(7-10(16)17)5-4-6-9(11)14/h4-6H,7H2,1-3H3,(H,15,18)(H,16,17). The molecule has 0 bridgehead atoms. The van der Waals surface area contributed by atoms with Crippen LogP contribution in [-0.2, 0) is 16.0 Å². The first-order valence-electron chi connectivity index (χ1n) is 5.68. The fourth-order valence-corrected chi connectivity index (χ4v) is 1.42. The molecule has 0 aliphatic carbocycles. The van der Waals surface area contributed by atoms with Gasteiger partial charge in [0.1, 0.15) is 11.4 Å². The predicted molar refractivity (Wildman–Crippen MR) is 67.6 cm³/mol. The van der Waals surface area contributed by atoms with Gasteiger partial charge >= 0.3 is 12.1 Å². The summed E-state index contributed by atoms with van der Waals surface area (Å²) in [5.41, 5.74) is -0.708. The highest BCUT2D eigenvalue weighted by Crippen LogP contribution is 2.21. The maximum Gasteiger partial charge on any atom is 0.412 e. The van der Waals surface area contributed by atoms with Crippen LogP contribution in [0.5, 0.6) is 0 Å². The summed E-state index contributed by atoms with van der Waals surface area (Å²) in [6.07, 6.45) is -1.22. The van der Waals surface area contributed by atoms with Gasteiger partial charge < -0.3 is 9.84 Å². The number of carbonyl (C=O) groups excluding carboxylic acids is 1. The minimum Gasteiger partial charge on any atom is -0.481 e. The molecular weight excluding hydrogens is 253 g/mol. The van der Waals surface area contributed by atoms with Crippen molar-refractivity contribution >= 4 is 17.7 Å². The summed E-state index contributed by atoms with van der Waals surface area (Å²) in [7, 11) is 0. The zero-order chi connectivity index (χ0) is 14.6. The number of halogens is 1. The van der Waals surface area contributed by atoms with Gasteiger partial charge in [-0.3, -0.25) is 10.1 Å². The van der Waals surface area contributed by atoms with Gasteiger partial charge in [-0.1, -0.05) is 12.1 Å².